The molecule has 4 aromatic rings. The molecule has 1 saturated heterocycles. The smallest absolute Gasteiger partial charge is 0.289 e. The van der Waals surface area contributed by atoms with Crippen molar-refractivity contribution < 1.29 is 13.9 Å². The first-order chi connectivity index (χ1) is 15.6. The van der Waals surface area contributed by atoms with E-state index in [0.717, 1.165) is 34.2 Å². The Balaban J connectivity index is 1.29. The average Bonchev–Trinajstić information content (AvgIpc) is 3.34. The average molecular weight is 448 g/mol. The second-order valence-electron chi connectivity index (χ2n) is 7.68. The van der Waals surface area contributed by atoms with Crippen molar-refractivity contribution in [1.29, 1.82) is 0 Å². The zero-order valence-electron chi connectivity index (χ0n) is 17.5. The van der Waals surface area contributed by atoms with E-state index in [1.807, 2.05) is 24.3 Å². The number of fused-ring (bicyclic) bond motifs is 1. The van der Waals surface area contributed by atoms with E-state index in [2.05, 4.69) is 10.2 Å². The van der Waals surface area contributed by atoms with Crippen LogP contribution in [0.25, 0.3) is 21.5 Å². The van der Waals surface area contributed by atoms with Gasteiger partial charge in [-0.25, -0.2) is 0 Å². The van der Waals surface area contributed by atoms with Gasteiger partial charge < -0.3 is 14.1 Å². The molecule has 0 radical (unpaired) electrons. The van der Waals surface area contributed by atoms with Gasteiger partial charge in [-0.3, -0.25) is 9.59 Å². The molecule has 2 aromatic heterocycles. The van der Waals surface area contributed by atoms with E-state index in [4.69, 9.17) is 9.15 Å². The lowest BCUT2D eigenvalue weighted by Gasteiger charge is -2.30. The Hall–Kier alpha value is -3.52. The quantitative estimate of drug-likeness (QED) is 0.463. The van der Waals surface area contributed by atoms with Gasteiger partial charge in [0.1, 0.15) is 16.3 Å². The number of likely N-dealkylation sites (tertiary alicyclic amines) is 1. The number of aromatic nitrogens is 2. The standard InChI is InChI=1S/C24H21N3O4S/c1-30-19-8-4-3-7-17(19)23-26-25-22(32-23)15-10-12-27(13-11-15)24(29)21-14-18(28)16-6-2-5-9-20(16)31-21/h2-9,14-15H,10-13H2,1H3. The summed E-state index contributed by atoms with van der Waals surface area (Å²) < 4.78 is 11.2. The molecule has 3 heterocycles. The van der Waals surface area contributed by atoms with Gasteiger partial charge in [-0.2, -0.15) is 0 Å². The van der Waals surface area contributed by atoms with Gasteiger partial charge in [-0.1, -0.05) is 35.6 Å². The fourth-order valence-corrected chi connectivity index (χ4v) is 5.07. The molecule has 2 aromatic carbocycles. The number of hydrogen-bond acceptors (Lipinski definition) is 7. The van der Waals surface area contributed by atoms with E-state index >= 15 is 0 Å². The topological polar surface area (TPSA) is 85.5 Å². The monoisotopic (exact) mass is 447 g/mol. The van der Waals surface area contributed by atoms with Gasteiger partial charge in [0.05, 0.1) is 18.1 Å². The van der Waals surface area contributed by atoms with E-state index in [1.165, 1.54) is 6.07 Å². The summed E-state index contributed by atoms with van der Waals surface area (Å²) in [6, 6.07) is 16.0. The Labute approximate surface area is 188 Å². The molecular formula is C24H21N3O4S. The first kappa shape index (κ1) is 20.4. The zero-order chi connectivity index (χ0) is 22.1. The number of amides is 1. The zero-order valence-corrected chi connectivity index (χ0v) is 18.3. The SMILES string of the molecule is COc1ccccc1-c1nnc(C2CCN(C(=O)c3cc(=O)c4ccccc4o3)CC2)s1. The highest BCUT2D eigenvalue weighted by molar-refractivity contribution is 7.14. The number of carbonyl (C=O) groups excluding carboxylic acids is 1. The lowest BCUT2D eigenvalue weighted by atomic mass is 9.97. The Kier molecular flexibility index (Phi) is 5.45. The molecule has 1 aliphatic heterocycles. The molecule has 0 unspecified atom stereocenters. The molecule has 8 heteroatoms. The molecule has 7 nitrogen and oxygen atoms in total. The van der Waals surface area contributed by atoms with Crippen molar-refractivity contribution >= 4 is 28.2 Å². The third-order valence-corrected chi connectivity index (χ3v) is 6.87. The molecule has 1 fully saturated rings. The summed E-state index contributed by atoms with van der Waals surface area (Å²) in [5.74, 6) is 0.843. The minimum Gasteiger partial charge on any atom is -0.496 e. The van der Waals surface area contributed by atoms with Gasteiger partial charge in [0.2, 0.25) is 0 Å². The van der Waals surface area contributed by atoms with Crippen molar-refractivity contribution in [3.05, 3.63) is 75.6 Å². The van der Waals surface area contributed by atoms with Crippen molar-refractivity contribution in [2.45, 2.75) is 18.8 Å². The van der Waals surface area contributed by atoms with Crippen LogP contribution >= 0.6 is 11.3 Å². The van der Waals surface area contributed by atoms with E-state index < -0.39 is 0 Å². The van der Waals surface area contributed by atoms with Crippen LogP contribution in [0.2, 0.25) is 0 Å². The first-order valence-corrected chi connectivity index (χ1v) is 11.2. The Morgan fingerprint density at radius 2 is 1.84 bits per heavy atom. The van der Waals surface area contributed by atoms with Crippen molar-refractivity contribution in [3.8, 4) is 16.3 Å². The van der Waals surface area contributed by atoms with Crippen LogP contribution in [0.15, 0.2) is 63.8 Å². The van der Waals surface area contributed by atoms with E-state index in [0.29, 0.717) is 24.1 Å². The molecule has 1 amide bonds. The number of hydrogen-bond donors (Lipinski definition) is 0. The van der Waals surface area contributed by atoms with Crippen LogP contribution in [0.5, 0.6) is 5.75 Å². The van der Waals surface area contributed by atoms with Crippen molar-refractivity contribution in [2.24, 2.45) is 0 Å². The molecular weight excluding hydrogens is 426 g/mol. The molecule has 0 bridgehead atoms. The molecule has 0 aliphatic carbocycles. The fourth-order valence-electron chi connectivity index (χ4n) is 4.02. The highest BCUT2D eigenvalue weighted by Gasteiger charge is 2.28. The highest BCUT2D eigenvalue weighted by Crippen LogP contribution is 2.36. The van der Waals surface area contributed by atoms with Crippen molar-refractivity contribution in [2.75, 3.05) is 20.2 Å². The number of methoxy groups -OCH3 is 1. The van der Waals surface area contributed by atoms with Gasteiger partial charge in [0, 0.05) is 25.1 Å². The molecule has 1 aliphatic rings. The summed E-state index contributed by atoms with van der Waals surface area (Å²) in [5, 5.41) is 11.1. The highest BCUT2D eigenvalue weighted by atomic mass is 32.1. The maximum absolute atomic E-state index is 13.0. The Bertz CT molecular complexity index is 1340. The molecule has 0 N–H and O–H groups in total. The summed E-state index contributed by atoms with van der Waals surface area (Å²) in [7, 11) is 1.64. The van der Waals surface area contributed by atoms with Crippen LogP contribution in [0, 0.1) is 0 Å². The first-order valence-electron chi connectivity index (χ1n) is 10.4. The lowest BCUT2D eigenvalue weighted by Crippen LogP contribution is -2.38. The van der Waals surface area contributed by atoms with E-state index in [-0.39, 0.29) is 23.0 Å². The summed E-state index contributed by atoms with van der Waals surface area (Å²) in [6.45, 7) is 1.15. The number of benzene rings is 2. The largest absolute Gasteiger partial charge is 0.496 e. The van der Waals surface area contributed by atoms with Crippen LogP contribution in [0.4, 0.5) is 0 Å². The van der Waals surface area contributed by atoms with Crippen LogP contribution in [-0.4, -0.2) is 41.2 Å². The van der Waals surface area contributed by atoms with Crippen molar-refractivity contribution in [3.63, 3.8) is 0 Å². The molecule has 0 spiro atoms. The maximum atomic E-state index is 13.0. The molecule has 0 saturated carbocycles. The molecule has 162 valence electrons. The number of nitrogens with zero attached hydrogens (tertiary/aromatic N) is 3. The summed E-state index contributed by atoms with van der Waals surface area (Å²) >= 11 is 1.57. The second-order valence-corrected chi connectivity index (χ2v) is 8.69. The van der Waals surface area contributed by atoms with Gasteiger partial charge in [-0.15, -0.1) is 10.2 Å². The molecule has 0 atom stereocenters. The van der Waals surface area contributed by atoms with Gasteiger partial charge in [-0.05, 0) is 37.1 Å². The minimum absolute atomic E-state index is 0.0847. The summed E-state index contributed by atoms with van der Waals surface area (Å²) in [6.07, 6.45) is 1.56. The third-order valence-electron chi connectivity index (χ3n) is 5.75. The van der Waals surface area contributed by atoms with Gasteiger partial charge >= 0.3 is 0 Å². The third kappa shape index (κ3) is 3.78. The van der Waals surface area contributed by atoms with Crippen LogP contribution < -0.4 is 10.2 Å². The Morgan fingerprint density at radius 1 is 1.09 bits per heavy atom. The molecule has 5 rings (SSSR count). The maximum Gasteiger partial charge on any atom is 0.289 e. The predicted octanol–water partition coefficient (Wildman–Crippen LogP) is 4.34. The summed E-state index contributed by atoms with van der Waals surface area (Å²) in [4.78, 5) is 27.0. The predicted molar refractivity (Wildman–Crippen MR) is 122 cm³/mol. The van der Waals surface area contributed by atoms with E-state index in [1.54, 1.807) is 47.6 Å². The van der Waals surface area contributed by atoms with Crippen molar-refractivity contribution in [1.82, 2.24) is 15.1 Å². The second kappa shape index (κ2) is 8.55. The number of rotatable bonds is 4. The van der Waals surface area contributed by atoms with Crippen LogP contribution in [-0.2, 0) is 0 Å². The number of carbonyl (C=O) groups is 1. The minimum atomic E-state index is -0.252. The van der Waals surface area contributed by atoms with Crippen LogP contribution in [0.1, 0.15) is 34.3 Å². The lowest BCUT2D eigenvalue weighted by molar-refractivity contribution is 0.0681. The Morgan fingerprint density at radius 3 is 2.66 bits per heavy atom. The number of para-hydroxylation sites is 2. The molecule has 32 heavy (non-hydrogen) atoms. The normalized spacial score (nSPS) is 14.6. The van der Waals surface area contributed by atoms with Gasteiger partial charge in [0.25, 0.3) is 5.91 Å². The number of piperidine rings is 1. The number of ether oxygens (including phenoxy) is 1. The fraction of sp³-hybridized carbons (Fsp3) is 0.250. The summed E-state index contributed by atoms with van der Waals surface area (Å²) in [5.41, 5.74) is 1.15. The van der Waals surface area contributed by atoms with Crippen LogP contribution in [0.3, 0.4) is 0 Å². The van der Waals surface area contributed by atoms with E-state index in [9.17, 15) is 9.59 Å². The van der Waals surface area contributed by atoms with Gasteiger partial charge in [0.15, 0.2) is 16.2 Å².